The SMILES string of the molecule is O=C(O)NC1CCC(Nc2nc(NC3CCN(Cc4ccccc4)CC3)c3ncn(C4CCCC4)c3n2)CC1. The monoisotopic (exact) mass is 532 g/mol. The summed E-state index contributed by atoms with van der Waals surface area (Å²) < 4.78 is 2.26. The van der Waals surface area contributed by atoms with Crippen molar-refractivity contribution in [2.24, 2.45) is 0 Å². The molecule has 208 valence electrons. The molecule has 0 spiro atoms. The number of anilines is 2. The third kappa shape index (κ3) is 6.27. The van der Waals surface area contributed by atoms with E-state index < -0.39 is 6.09 Å². The van der Waals surface area contributed by atoms with Crippen LogP contribution in [0.1, 0.15) is 75.8 Å². The first-order valence-corrected chi connectivity index (χ1v) is 14.6. The van der Waals surface area contributed by atoms with Gasteiger partial charge in [0, 0.05) is 43.8 Å². The van der Waals surface area contributed by atoms with Crippen molar-refractivity contribution in [3.63, 3.8) is 0 Å². The van der Waals surface area contributed by atoms with Crippen molar-refractivity contribution in [1.29, 1.82) is 0 Å². The maximum atomic E-state index is 11.0. The summed E-state index contributed by atoms with van der Waals surface area (Å²) >= 11 is 0. The Hall–Kier alpha value is -3.40. The Bertz CT molecular complexity index is 1240. The molecular weight excluding hydrogens is 492 g/mol. The van der Waals surface area contributed by atoms with E-state index in [-0.39, 0.29) is 12.1 Å². The van der Waals surface area contributed by atoms with Gasteiger partial charge in [0.25, 0.3) is 0 Å². The number of hydrogen-bond donors (Lipinski definition) is 4. The second-order valence-corrected chi connectivity index (χ2v) is 11.5. The van der Waals surface area contributed by atoms with Gasteiger partial charge in [-0.15, -0.1) is 0 Å². The van der Waals surface area contributed by atoms with E-state index in [0.29, 0.717) is 18.0 Å². The van der Waals surface area contributed by atoms with Crippen LogP contribution in [0.5, 0.6) is 0 Å². The summed E-state index contributed by atoms with van der Waals surface area (Å²) in [4.78, 5) is 28.3. The predicted molar refractivity (Wildman–Crippen MR) is 152 cm³/mol. The predicted octanol–water partition coefficient (Wildman–Crippen LogP) is 5.01. The second-order valence-electron chi connectivity index (χ2n) is 11.5. The van der Waals surface area contributed by atoms with Crippen LogP contribution in [0.3, 0.4) is 0 Å². The highest BCUT2D eigenvalue weighted by Crippen LogP contribution is 2.34. The first-order chi connectivity index (χ1) is 19.1. The fraction of sp³-hybridized carbons (Fsp3) is 0.586. The molecule has 0 radical (unpaired) electrons. The van der Waals surface area contributed by atoms with Gasteiger partial charge in [0.15, 0.2) is 17.0 Å². The van der Waals surface area contributed by atoms with Crippen LogP contribution < -0.4 is 16.0 Å². The lowest BCUT2D eigenvalue weighted by molar-refractivity contribution is 0.185. The van der Waals surface area contributed by atoms with Crippen molar-refractivity contribution < 1.29 is 9.90 Å². The van der Waals surface area contributed by atoms with Gasteiger partial charge in [0.05, 0.1) is 6.33 Å². The van der Waals surface area contributed by atoms with Crippen molar-refractivity contribution in [1.82, 2.24) is 29.7 Å². The number of aromatic nitrogens is 4. The molecule has 1 amide bonds. The van der Waals surface area contributed by atoms with Gasteiger partial charge < -0.3 is 25.6 Å². The van der Waals surface area contributed by atoms with Gasteiger partial charge in [-0.05, 0) is 56.9 Å². The molecule has 10 nitrogen and oxygen atoms in total. The normalized spacial score (nSPS) is 23.2. The zero-order chi connectivity index (χ0) is 26.6. The van der Waals surface area contributed by atoms with Gasteiger partial charge in [-0.2, -0.15) is 9.97 Å². The van der Waals surface area contributed by atoms with E-state index in [1.807, 2.05) is 6.33 Å². The fourth-order valence-electron chi connectivity index (χ4n) is 6.54. The number of hydrogen-bond acceptors (Lipinski definition) is 7. The maximum absolute atomic E-state index is 11.0. The quantitative estimate of drug-likeness (QED) is 0.320. The van der Waals surface area contributed by atoms with Crippen LogP contribution in [0, 0.1) is 0 Å². The molecule has 2 aliphatic carbocycles. The van der Waals surface area contributed by atoms with Crippen LogP contribution >= 0.6 is 0 Å². The molecule has 3 aromatic rings. The van der Waals surface area contributed by atoms with Gasteiger partial charge in [-0.25, -0.2) is 9.78 Å². The lowest BCUT2D eigenvalue weighted by atomic mass is 9.91. The van der Waals surface area contributed by atoms with Gasteiger partial charge >= 0.3 is 6.09 Å². The number of piperidine rings is 1. The Labute approximate surface area is 229 Å². The zero-order valence-electron chi connectivity index (χ0n) is 22.6. The smallest absolute Gasteiger partial charge is 0.404 e. The molecule has 3 aliphatic rings. The molecule has 10 heteroatoms. The highest BCUT2D eigenvalue weighted by molar-refractivity contribution is 5.84. The number of amides is 1. The number of carboxylic acid groups (broad SMARTS) is 1. The molecule has 1 aliphatic heterocycles. The van der Waals surface area contributed by atoms with Gasteiger partial charge in [0.2, 0.25) is 5.95 Å². The van der Waals surface area contributed by atoms with Crippen molar-refractivity contribution >= 4 is 29.0 Å². The molecule has 0 atom stereocenters. The largest absolute Gasteiger partial charge is 0.465 e. The molecule has 1 aromatic carbocycles. The Balaban J connectivity index is 1.16. The lowest BCUT2D eigenvalue weighted by Crippen LogP contribution is -2.39. The van der Waals surface area contributed by atoms with E-state index in [0.717, 1.165) is 75.1 Å². The minimum atomic E-state index is -0.943. The summed E-state index contributed by atoms with van der Waals surface area (Å²) in [6.07, 6.45) is 11.4. The molecule has 3 heterocycles. The van der Waals surface area contributed by atoms with E-state index in [1.54, 1.807) is 0 Å². The number of carbonyl (C=O) groups is 1. The molecule has 4 N–H and O–H groups in total. The minimum Gasteiger partial charge on any atom is -0.465 e. The van der Waals surface area contributed by atoms with Crippen molar-refractivity contribution in [3.8, 4) is 0 Å². The number of nitrogens with zero attached hydrogens (tertiary/aromatic N) is 5. The van der Waals surface area contributed by atoms with Crippen molar-refractivity contribution in [2.75, 3.05) is 23.7 Å². The van der Waals surface area contributed by atoms with E-state index in [1.165, 1.54) is 31.2 Å². The molecule has 39 heavy (non-hydrogen) atoms. The first-order valence-electron chi connectivity index (χ1n) is 14.6. The van der Waals surface area contributed by atoms with Crippen molar-refractivity contribution in [2.45, 2.75) is 94.9 Å². The molecule has 3 fully saturated rings. The Morgan fingerprint density at radius 2 is 1.56 bits per heavy atom. The molecule has 2 aromatic heterocycles. The summed E-state index contributed by atoms with van der Waals surface area (Å²) in [6.45, 7) is 3.10. The summed E-state index contributed by atoms with van der Waals surface area (Å²) in [5.74, 6) is 1.46. The van der Waals surface area contributed by atoms with Crippen LogP contribution in [0.25, 0.3) is 11.2 Å². The minimum absolute atomic E-state index is 0.0257. The standard InChI is InChI=1S/C29H40N8O2/c38-29(39)33-22-12-10-21(11-13-22)32-28-34-26(25-27(35-28)37(19-30-25)24-8-4-5-9-24)31-23-14-16-36(17-15-23)18-20-6-2-1-3-7-20/h1-3,6-7,19,21-24,33H,4-5,8-18H2,(H,38,39)(H2,31,32,34,35). The number of fused-ring (bicyclic) bond motifs is 1. The Morgan fingerprint density at radius 1 is 0.872 bits per heavy atom. The lowest BCUT2D eigenvalue weighted by Gasteiger charge is -2.32. The van der Waals surface area contributed by atoms with E-state index in [4.69, 9.17) is 20.1 Å². The molecule has 6 rings (SSSR count). The van der Waals surface area contributed by atoms with Gasteiger partial charge in [-0.3, -0.25) is 4.90 Å². The molecular formula is C29H40N8O2. The number of benzene rings is 1. The zero-order valence-corrected chi connectivity index (χ0v) is 22.6. The number of imidazole rings is 1. The molecule has 2 saturated carbocycles. The van der Waals surface area contributed by atoms with Crippen LogP contribution in [-0.2, 0) is 6.54 Å². The summed E-state index contributed by atoms with van der Waals surface area (Å²) in [6, 6.07) is 11.7. The molecule has 1 saturated heterocycles. The number of likely N-dealkylation sites (tertiary alicyclic amines) is 1. The fourth-order valence-corrected chi connectivity index (χ4v) is 6.54. The van der Waals surface area contributed by atoms with Gasteiger partial charge in [-0.1, -0.05) is 43.2 Å². The van der Waals surface area contributed by atoms with Crippen LogP contribution in [-0.4, -0.2) is 66.8 Å². The van der Waals surface area contributed by atoms with Crippen LogP contribution in [0.2, 0.25) is 0 Å². The van der Waals surface area contributed by atoms with Crippen LogP contribution in [0.15, 0.2) is 36.7 Å². The van der Waals surface area contributed by atoms with Gasteiger partial charge in [0.1, 0.15) is 0 Å². The Morgan fingerprint density at radius 3 is 2.28 bits per heavy atom. The van der Waals surface area contributed by atoms with E-state index in [2.05, 4.69) is 55.7 Å². The first kappa shape index (κ1) is 25.9. The van der Waals surface area contributed by atoms with E-state index in [9.17, 15) is 4.79 Å². The third-order valence-corrected chi connectivity index (χ3v) is 8.70. The highest BCUT2D eigenvalue weighted by Gasteiger charge is 2.27. The Kier molecular flexibility index (Phi) is 7.81. The topological polar surface area (TPSA) is 120 Å². The van der Waals surface area contributed by atoms with Crippen molar-refractivity contribution in [3.05, 3.63) is 42.2 Å². The average Bonchev–Trinajstić information content (AvgIpc) is 3.62. The second kappa shape index (κ2) is 11.8. The summed E-state index contributed by atoms with van der Waals surface area (Å²) in [7, 11) is 0. The van der Waals surface area contributed by atoms with E-state index >= 15 is 0 Å². The molecule has 0 bridgehead atoms. The van der Waals surface area contributed by atoms with Crippen LogP contribution in [0.4, 0.5) is 16.6 Å². The highest BCUT2D eigenvalue weighted by atomic mass is 16.4. The summed E-state index contributed by atoms with van der Waals surface area (Å²) in [5, 5.41) is 19.0. The number of nitrogens with one attached hydrogen (secondary N) is 3. The maximum Gasteiger partial charge on any atom is 0.404 e. The summed E-state index contributed by atoms with van der Waals surface area (Å²) in [5.41, 5.74) is 3.13. The number of rotatable bonds is 8. The third-order valence-electron chi connectivity index (χ3n) is 8.70. The molecule has 0 unspecified atom stereocenters. The average molecular weight is 533 g/mol.